The smallest absolute Gasteiger partial charge is 0.328 e. The van der Waals surface area contributed by atoms with E-state index in [9.17, 15) is 14.4 Å². The molecule has 156 valence electrons. The maximum atomic E-state index is 12.6. The SMILES string of the molecule is Cn1c(=O)n(C)c2cc(NC(=O)c3ccc(Oc4ccc(C(N)=O)cc4)cc3)ccc21. The minimum absolute atomic E-state index is 0.127. The van der Waals surface area contributed by atoms with E-state index in [0.717, 1.165) is 11.0 Å². The van der Waals surface area contributed by atoms with Gasteiger partial charge >= 0.3 is 5.69 Å². The number of aryl methyl sites for hydroxylation is 2. The number of carbonyl (C=O) groups excluding carboxylic acids is 2. The third kappa shape index (κ3) is 3.91. The molecule has 0 aliphatic rings. The Labute approximate surface area is 177 Å². The van der Waals surface area contributed by atoms with Crippen LogP contribution < -0.4 is 21.5 Å². The number of benzene rings is 3. The van der Waals surface area contributed by atoms with Crippen molar-refractivity contribution in [1.82, 2.24) is 9.13 Å². The predicted molar refractivity (Wildman–Crippen MR) is 118 cm³/mol. The summed E-state index contributed by atoms with van der Waals surface area (Å²) in [6.45, 7) is 0. The van der Waals surface area contributed by atoms with Gasteiger partial charge in [0.2, 0.25) is 5.91 Å². The number of nitrogens with one attached hydrogen (secondary N) is 1. The summed E-state index contributed by atoms with van der Waals surface area (Å²) in [4.78, 5) is 35.8. The minimum Gasteiger partial charge on any atom is -0.457 e. The van der Waals surface area contributed by atoms with E-state index in [4.69, 9.17) is 10.5 Å². The molecule has 0 aliphatic heterocycles. The number of anilines is 1. The maximum absolute atomic E-state index is 12.6. The van der Waals surface area contributed by atoms with E-state index in [2.05, 4.69) is 5.32 Å². The number of fused-ring (bicyclic) bond motifs is 1. The predicted octanol–water partition coefficient (Wildman–Crippen LogP) is 3.02. The Morgan fingerprint density at radius 2 is 1.35 bits per heavy atom. The Morgan fingerprint density at radius 1 is 0.806 bits per heavy atom. The molecule has 3 aromatic carbocycles. The molecule has 4 rings (SSSR count). The summed E-state index contributed by atoms with van der Waals surface area (Å²) in [5.74, 6) is 0.307. The van der Waals surface area contributed by atoms with Gasteiger partial charge < -0.3 is 15.8 Å². The fourth-order valence-electron chi connectivity index (χ4n) is 3.29. The highest BCUT2D eigenvalue weighted by Crippen LogP contribution is 2.23. The molecule has 0 unspecified atom stereocenters. The van der Waals surface area contributed by atoms with Gasteiger partial charge in [-0.15, -0.1) is 0 Å². The Bertz CT molecular complexity index is 1350. The molecule has 0 spiro atoms. The van der Waals surface area contributed by atoms with Crippen LogP contribution in [0.3, 0.4) is 0 Å². The van der Waals surface area contributed by atoms with Crippen LogP contribution in [0.15, 0.2) is 71.5 Å². The highest BCUT2D eigenvalue weighted by molar-refractivity contribution is 6.05. The van der Waals surface area contributed by atoms with Crippen LogP contribution in [-0.4, -0.2) is 20.9 Å². The van der Waals surface area contributed by atoms with Crippen molar-refractivity contribution in [2.75, 3.05) is 5.32 Å². The minimum atomic E-state index is -0.504. The second kappa shape index (κ2) is 7.83. The summed E-state index contributed by atoms with van der Waals surface area (Å²) in [6, 6.07) is 18.4. The van der Waals surface area contributed by atoms with Gasteiger partial charge in [0, 0.05) is 30.9 Å². The van der Waals surface area contributed by atoms with E-state index >= 15 is 0 Å². The topological polar surface area (TPSA) is 108 Å². The van der Waals surface area contributed by atoms with Gasteiger partial charge in [0.15, 0.2) is 0 Å². The fourth-order valence-corrected chi connectivity index (χ4v) is 3.29. The number of carbonyl (C=O) groups is 2. The lowest BCUT2D eigenvalue weighted by atomic mass is 10.2. The number of ether oxygens (including phenoxy) is 1. The van der Waals surface area contributed by atoms with E-state index in [-0.39, 0.29) is 11.6 Å². The van der Waals surface area contributed by atoms with Crippen LogP contribution in [0.4, 0.5) is 5.69 Å². The first-order chi connectivity index (χ1) is 14.8. The Morgan fingerprint density at radius 3 is 1.94 bits per heavy atom. The van der Waals surface area contributed by atoms with Gasteiger partial charge in [0.1, 0.15) is 11.5 Å². The lowest BCUT2D eigenvalue weighted by Crippen LogP contribution is -2.19. The molecule has 0 saturated heterocycles. The Kier molecular flexibility index (Phi) is 5.04. The van der Waals surface area contributed by atoms with Crippen molar-refractivity contribution in [2.24, 2.45) is 19.8 Å². The highest BCUT2D eigenvalue weighted by Gasteiger charge is 2.11. The molecule has 0 bridgehead atoms. The first kappa shape index (κ1) is 20.0. The lowest BCUT2D eigenvalue weighted by Gasteiger charge is -2.08. The highest BCUT2D eigenvalue weighted by atomic mass is 16.5. The average molecular weight is 416 g/mol. The molecule has 1 aromatic heterocycles. The van der Waals surface area contributed by atoms with Gasteiger partial charge in [-0.1, -0.05) is 0 Å². The number of hydrogen-bond acceptors (Lipinski definition) is 4. The van der Waals surface area contributed by atoms with Crippen LogP contribution in [-0.2, 0) is 14.1 Å². The van der Waals surface area contributed by atoms with Crippen LogP contribution in [0.1, 0.15) is 20.7 Å². The summed E-state index contributed by atoms with van der Waals surface area (Å²) >= 11 is 0. The van der Waals surface area contributed by atoms with Crippen LogP contribution >= 0.6 is 0 Å². The molecule has 0 aliphatic carbocycles. The van der Waals surface area contributed by atoms with Crippen LogP contribution in [0, 0.1) is 0 Å². The van der Waals surface area contributed by atoms with Gasteiger partial charge in [-0.3, -0.25) is 18.7 Å². The molecule has 8 heteroatoms. The number of nitrogens with zero attached hydrogens (tertiary/aromatic N) is 2. The molecule has 0 saturated carbocycles. The van der Waals surface area contributed by atoms with E-state index in [1.165, 1.54) is 4.57 Å². The molecule has 4 aromatic rings. The summed E-state index contributed by atoms with van der Waals surface area (Å²) < 4.78 is 8.81. The Hall–Kier alpha value is -4.33. The second-order valence-electron chi connectivity index (χ2n) is 7.07. The lowest BCUT2D eigenvalue weighted by molar-refractivity contribution is 0.0997. The third-order valence-corrected chi connectivity index (χ3v) is 5.02. The average Bonchev–Trinajstić information content (AvgIpc) is 2.98. The molecule has 0 fully saturated rings. The molecule has 2 amide bonds. The van der Waals surface area contributed by atoms with Crippen molar-refractivity contribution in [3.63, 3.8) is 0 Å². The van der Waals surface area contributed by atoms with Gasteiger partial charge in [0.25, 0.3) is 5.91 Å². The number of amides is 2. The van der Waals surface area contributed by atoms with E-state index in [0.29, 0.717) is 28.3 Å². The number of imidazole rings is 1. The van der Waals surface area contributed by atoms with Gasteiger partial charge in [-0.05, 0) is 66.7 Å². The van der Waals surface area contributed by atoms with Crippen molar-refractivity contribution < 1.29 is 14.3 Å². The summed E-state index contributed by atoms with van der Waals surface area (Å²) in [7, 11) is 3.40. The van der Waals surface area contributed by atoms with Crippen molar-refractivity contribution in [3.8, 4) is 11.5 Å². The fraction of sp³-hybridized carbons (Fsp3) is 0.0870. The van der Waals surface area contributed by atoms with Gasteiger partial charge in [-0.2, -0.15) is 0 Å². The summed E-state index contributed by atoms with van der Waals surface area (Å²) in [6.07, 6.45) is 0. The van der Waals surface area contributed by atoms with Gasteiger partial charge in [-0.25, -0.2) is 4.79 Å². The molecule has 1 heterocycles. The quantitative estimate of drug-likeness (QED) is 0.521. The first-order valence-electron chi connectivity index (χ1n) is 9.48. The van der Waals surface area contributed by atoms with Crippen LogP contribution in [0.5, 0.6) is 11.5 Å². The monoisotopic (exact) mass is 416 g/mol. The van der Waals surface area contributed by atoms with E-state index in [1.807, 2.05) is 0 Å². The van der Waals surface area contributed by atoms with Gasteiger partial charge in [0.05, 0.1) is 11.0 Å². The standard InChI is InChI=1S/C23H20N4O4/c1-26-19-12-7-16(13-20(19)27(2)23(26)30)25-22(29)15-5-10-18(11-6-15)31-17-8-3-14(4-9-17)21(24)28/h3-13H,1-2H3,(H2,24,28)(H,25,29). The molecular formula is C23H20N4O4. The molecular weight excluding hydrogens is 396 g/mol. The number of hydrogen-bond donors (Lipinski definition) is 2. The van der Waals surface area contributed by atoms with Crippen molar-refractivity contribution in [3.05, 3.63) is 88.3 Å². The van der Waals surface area contributed by atoms with E-state index < -0.39 is 5.91 Å². The third-order valence-electron chi connectivity index (χ3n) is 5.02. The normalized spacial score (nSPS) is 10.8. The second-order valence-corrected chi connectivity index (χ2v) is 7.07. The Balaban J connectivity index is 1.47. The zero-order chi connectivity index (χ0) is 22.1. The van der Waals surface area contributed by atoms with Crippen molar-refractivity contribution >= 4 is 28.5 Å². The largest absolute Gasteiger partial charge is 0.457 e. The maximum Gasteiger partial charge on any atom is 0.328 e. The zero-order valence-corrected chi connectivity index (χ0v) is 17.0. The molecule has 3 N–H and O–H groups in total. The van der Waals surface area contributed by atoms with Crippen molar-refractivity contribution in [2.45, 2.75) is 0 Å². The van der Waals surface area contributed by atoms with Crippen molar-refractivity contribution in [1.29, 1.82) is 0 Å². The number of aromatic nitrogens is 2. The molecule has 0 atom stereocenters. The first-order valence-corrected chi connectivity index (χ1v) is 9.48. The van der Waals surface area contributed by atoms with E-state index in [1.54, 1.807) is 85.4 Å². The summed E-state index contributed by atoms with van der Waals surface area (Å²) in [5, 5.41) is 2.84. The zero-order valence-electron chi connectivity index (χ0n) is 17.0. The van der Waals surface area contributed by atoms with Crippen LogP contribution in [0.2, 0.25) is 0 Å². The molecule has 8 nitrogen and oxygen atoms in total. The number of primary amides is 1. The summed E-state index contributed by atoms with van der Waals surface area (Å²) in [5.41, 5.74) is 8.06. The molecule has 31 heavy (non-hydrogen) atoms. The number of rotatable bonds is 5. The van der Waals surface area contributed by atoms with Crippen LogP contribution in [0.25, 0.3) is 11.0 Å². The number of nitrogens with two attached hydrogens (primary N) is 1. The molecule has 0 radical (unpaired) electrons.